The van der Waals surface area contributed by atoms with Crippen molar-refractivity contribution in [2.45, 2.75) is 12.6 Å². The number of benzene rings is 1. The molecule has 0 bridgehead atoms. The number of urea groups is 1. The Morgan fingerprint density at radius 1 is 1.18 bits per heavy atom. The molecule has 0 aliphatic heterocycles. The van der Waals surface area contributed by atoms with Gasteiger partial charge in [-0.1, -0.05) is 30.3 Å². The summed E-state index contributed by atoms with van der Waals surface area (Å²) in [4.78, 5) is 25.7. The summed E-state index contributed by atoms with van der Waals surface area (Å²) in [7, 11) is 3.27. The van der Waals surface area contributed by atoms with E-state index in [1.54, 1.807) is 12.3 Å². The Morgan fingerprint density at radius 3 is 2.50 bits per heavy atom. The molecule has 1 aromatic carbocycles. The molecule has 3 amide bonds. The van der Waals surface area contributed by atoms with E-state index in [0.717, 1.165) is 11.3 Å². The van der Waals surface area contributed by atoms with E-state index >= 15 is 0 Å². The van der Waals surface area contributed by atoms with E-state index in [4.69, 9.17) is 4.42 Å². The molecule has 0 saturated carbocycles. The largest absolute Gasteiger partial charge is 0.468 e. The van der Waals surface area contributed by atoms with Crippen LogP contribution < -0.4 is 10.6 Å². The van der Waals surface area contributed by atoms with E-state index in [-0.39, 0.29) is 5.91 Å². The van der Waals surface area contributed by atoms with Crippen LogP contribution in [-0.4, -0.2) is 30.9 Å². The second-order valence-corrected chi connectivity index (χ2v) is 4.88. The topological polar surface area (TPSA) is 74.6 Å². The lowest BCUT2D eigenvalue weighted by Crippen LogP contribution is -2.44. The van der Waals surface area contributed by atoms with Crippen LogP contribution in [0, 0.1) is 0 Å². The van der Waals surface area contributed by atoms with Gasteiger partial charge in [-0.05, 0) is 24.7 Å². The monoisotopic (exact) mass is 301 g/mol. The average molecular weight is 301 g/mol. The summed E-state index contributed by atoms with van der Waals surface area (Å²) >= 11 is 0. The Morgan fingerprint density at radius 2 is 1.91 bits per heavy atom. The fourth-order valence-corrected chi connectivity index (χ4v) is 2.22. The van der Waals surface area contributed by atoms with Crippen molar-refractivity contribution in [2.24, 2.45) is 0 Å². The van der Waals surface area contributed by atoms with Crippen molar-refractivity contribution in [3.8, 4) is 0 Å². The maximum atomic E-state index is 12.4. The summed E-state index contributed by atoms with van der Waals surface area (Å²) in [6.45, 7) is 0.452. The zero-order valence-corrected chi connectivity index (χ0v) is 12.6. The van der Waals surface area contributed by atoms with Crippen LogP contribution >= 0.6 is 0 Å². The summed E-state index contributed by atoms with van der Waals surface area (Å²) < 4.78 is 5.32. The number of carbonyl (C=O) groups is 2. The molecule has 6 nitrogen and oxygen atoms in total. The zero-order chi connectivity index (χ0) is 15.9. The van der Waals surface area contributed by atoms with Crippen molar-refractivity contribution in [3.05, 3.63) is 60.1 Å². The number of carbonyl (C=O) groups excluding carboxylic acids is 2. The van der Waals surface area contributed by atoms with Crippen LogP contribution in [-0.2, 0) is 11.3 Å². The van der Waals surface area contributed by atoms with Gasteiger partial charge < -0.3 is 9.73 Å². The first-order valence-electron chi connectivity index (χ1n) is 6.92. The number of nitrogens with zero attached hydrogens (tertiary/aromatic N) is 1. The second-order valence-electron chi connectivity index (χ2n) is 4.88. The van der Waals surface area contributed by atoms with Gasteiger partial charge in [-0.25, -0.2) is 4.79 Å². The predicted molar refractivity (Wildman–Crippen MR) is 82.0 cm³/mol. The highest BCUT2D eigenvalue weighted by atomic mass is 16.3. The van der Waals surface area contributed by atoms with Gasteiger partial charge in [0.2, 0.25) is 5.91 Å². The molecular weight excluding hydrogens is 282 g/mol. The van der Waals surface area contributed by atoms with Crippen molar-refractivity contribution >= 4 is 11.9 Å². The van der Waals surface area contributed by atoms with Crippen LogP contribution in [0.15, 0.2) is 53.1 Å². The third kappa shape index (κ3) is 3.95. The van der Waals surface area contributed by atoms with Gasteiger partial charge in [0.1, 0.15) is 11.8 Å². The maximum absolute atomic E-state index is 12.4. The van der Waals surface area contributed by atoms with Crippen molar-refractivity contribution in [1.82, 2.24) is 15.5 Å². The van der Waals surface area contributed by atoms with E-state index in [0.29, 0.717) is 6.54 Å². The molecule has 2 N–H and O–H groups in total. The summed E-state index contributed by atoms with van der Waals surface area (Å²) in [6, 6.07) is 11.8. The number of furan rings is 1. The van der Waals surface area contributed by atoms with Crippen molar-refractivity contribution in [1.29, 1.82) is 0 Å². The lowest BCUT2D eigenvalue weighted by Gasteiger charge is -2.26. The second kappa shape index (κ2) is 7.42. The van der Waals surface area contributed by atoms with E-state index in [1.165, 1.54) is 7.05 Å². The molecule has 0 aliphatic rings. The molecule has 6 heteroatoms. The van der Waals surface area contributed by atoms with Crippen molar-refractivity contribution in [3.63, 3.8) is 0 Å². The van der Waals surface area contributed by atoms with Crippen LogP contribution in [0.2, 0.25) is 0 Å². The lowest BCUT2D eigenvalue weighted by atomic mass is 10.0. The minimum Gasteiger partial charge on any atom is -0.468 e. The Balaban J connectivity index is 2.21. The fourth-order valence-electron chi connectivity index (χ4n) is 2.22. The Bertz CT molecular complexity index is 611. The molecule has 1 aromatic heterocycles. The summed E-state index contributed by atoms with van der Waals surface area (Å²) in [6.07, 6.45) is 1.59. The third-order valence-corrected chi connectivity index (χ3v) is 3.25. The Kier molecular flexibility index (Phi) is 5.32. The molecule has 2 aromatic rings. The number of likely N-dealkylation sites (N-methyl/N-ethyl adjacent to an activating group) is 1. The van der Waals surface area contributed by atoms with Gasteiger partial charge >= 0.3 is 6.03 Å². The molecule has 2 rings (SSSR count). The van der Waals surface area contributed by atoms with Crippen molar-refractivity contribution < 1.29 is 14.0 Å². The average Bonchev–Trinajstić information content (AvgIpc) is 3.01. The van der Waals surface area contributed by atoms with Crippen LogP contribution in [0.5, 0.6) is 0 Å². The molecule has 0 radical (unpaired) electrons. The van der Waals surface area contributed by atoms with E-state index in [9.17, 15) is 9.59 Å². The van der Waals surface area contributed by atoms with Crippen LogP contribution in [0.3, 0.4) is 0 Å². The number of hydrogen-bond donors (Lipinski definition) is 2. The number of imide groups is 1. The highest BCUT2D eigenvalue weighted by Gasteiger charge is 2.26. The number of rotatable bonds is 5. The van der Waals surface area contributed by atoms with Gasteiger partial charge in [-0.15, -0.1) is 0 Å². The molecule has 1 atom stereocenters. The minimum absolute atomic E-state index is 0.389. The highest BCUT2D eigenvalue weighted by molar-refractivity contribution is 5.97. The van der Waals surface area contributed by atoms with Crippen LogP contribution in [0.25, 0.3) is 0 Å². The van der Waals surface area contributed by atoms with Gasteiger partial charge in [-0.2, -0.15) is 0 Å². The smallest absolute Gasteiger partial charge is 0.321 e. The lowest BCUT2D eigenvalue weighted by molar-refractivity contribution is -0.125. The van der Waals surface area contributed by atoms with E-state index < -0.39 is 12.1 Å². The molecule has 0 aliphatic carbocycles. The Hall–Kier alpha value is -2.60. The SMILES string of the molecule is CNC(=O)NC(=O)[C@@H](c1ccccc1)N(C)Cc1ccco1. The van der Waals surface area contributed by atoms with Gasteiger partial charge in [0, 0.05) is 7.05 Å². The first kappa shape index (κ1) is 15.8. The first-order chi connectivity index (χ1) is 10.6. The van der Waals surface area contributed by atoms with Crippen molar-refractivity contribution in [2.75, 3.05) is 14.1 Å². The summed E-state index contributed by atoms with van der Waals surface area (Å²) in [5.41, 5.74) is 0.804. The molecular formula is C16H19N3O3. The molecule has 0 spiro atoms. The maximum Gasteiger partial charge on any atom is 0.321 e. The normalized spacial score (nSPS) is 12.0. The molecule has 0 fully saturated rings. The summed E-state index contributed by atoms with van der Waals surface area (Å²) in [5.74, 6) is 0.357. The third-order valence-electron chi connectivity index (χ3n) is 3.25. The van der Waals surface area contributed by atoms with Crippen LogP contribution in [0.1, 0.15) is 17.4 Å². The number of amides is 3. The number of nitrogens with one attached hydrogen (secondary N) is 2. The molecule has 1 heterocycles. The first-order valence-corrected chi connectivity index (χ1v) is 6.92. The van der Waals surface area contributed by atoms with Crippen LogP contribution in [0.4, 0.5) is 4.79 Å². The molecule has 116 valence electrons. The highest BCUT2D eigenvalue weighted by Crippen LogP contribution is 2.21. The predicted octanol–water partition coefficient (Wildman–Crippen LogP) is 1.91. The molecule has 0 unspecified atom stereocenters. The van der Waals surface area contributed by atoms with Gasteiger partial charge in [-0.3, -0.25) is 15.0 Å². The standard InChI is InChI=1S/C16H19N3O3/c1-17-16(21)18-15(20)14(12-7-4-3-5-8-12)19(2)11-13-9-6-10-22-13/h3-10,14H,11H2,1-2H3,(H2,17,18,20,21)/t14-/m1/s1. The zero-order valence-electron chi connectivity index (χ0n) is 12.6. The minimum atomic E-state index is -0.594. The van der Waals surface area contributed by atoms with Gasteiger partial charge in [0.15, 0.2) is 0 Å². The fraction of sp³-hybridized carbons (Fsp3) is 0.250. The van der Waals surface area contributed by atoms with Gasteiger partial charge in [0.05, 0.1) is 12.8 Å². The molecule has 0 saturated heterocycles. The Labute approximate surface area is 129 Å². The summed E-state index contributed by atoms with van der Waals surface area (Å²) in [5, 5.41) is 4.71. The van der Waals surface area contributed by atoms with E-state index in [1.807, 2.05) is 48.3 Å². The van der Waals surface area contributed by atoms with Gasteiger partial charge in [0.25, 0.3) is 0 Å². The number of hydrogen-bond acceptors (Lipinski definition) is 4. The van der Waals surface area contributed by atoms with E-state index in [2.05, 4.69) is 10.6 Å². The molecule has 22 heavy (non-hydrogen) atoms. The quantitative estimate of drug-likeness (QED) is 0.884.